The molecule has 0 atom stereocenters. The van der Waals surface area contributed by atoms with Gasteiger partial charge in [0.1, 0.15) is 23.4 Å². The quantitative estimate of drug-likeness (QED) is 0.388. The van der Waals surface area contributed by atoms with Crippen LogP contribution in [0.5, 0.6) is 0 Å². The van der Waals surface area contributed by atoms with E-state index < -0.39 is 17.6 Å². The van der Waals surface area contributed by atoms with Crippen molar-refractivity contribution >= 4 is 11.8 Å². The molecule has 168 valence electrons. The van der Waals surface area contributed by atoms with Crippen LogP contribution in [0.4, 0.5) is 4.39 Å². The first-order valence-corrected chi connectivity index (χ1v) is 10.0. The van der Waals surface area contributed by atoms with Crippen LogP contribution in [0.3, 0.4) is 0 Å². The fourth-order valence-electron chi connectivity index (χ4n) is 3.32. The summed E-state index contributed by atoms with van der Waals surface area (Å²) in [6.45, 7) is 0. The molecule has 0 saturated heterocycles. The summed E-state index contributed by atoms with van der Waals surface area (Å²) in [5, 5.41) is 15.1. The molecule has 3 heterocycles. The molecule has 0 aliphatic heterocycles. The SMILES string of the molecule is O=C(NNC(=O)c1cnn(-c2ccccc2F)c1-n1cccc1)c1ccc(-n2cnnn2)cc1. The zero-order valence-corrected chi connectivity index (χ0v) is 17.4. The van der Waals surface area contributed by atoms with Gasteiger partial charge in [0.15, 0.2) is 5.82 Å². The highest BCUT2D eigenvalue weighted by atomic mass is 19.1. The van der Waals surface area contributed by atoms with Crippen molar-refractivity contribution in [2.75, 3.05) is 0 Å². The fraction of sp³-hybridized carbons (Fsp3) is 0. The third kappa shape index (κ3) is 3.90. The average molecular weight is 457 g/mol. The summed E-state index contributed by atoms with van der Waals surface area (Å²) in [7, 11) is 0. The third-order valence-electron chi connectivity index (χ3n) is 4.95. The van der Waals surface area contributed by atoms with E-state index in [1.54, 1.807) is 71.6 Å². The molecule has 3 aromatic heterocycles. The second-order valence-corrected chi connectivity index (χ2v) is 7.04. The number of hydrogen-bond donors (Lipinski definition) is 2. The minimum atomic E-state index is -0.620. The molecule has 0 radical (unpaired) electrons. The number of carbonyl (C=O) groups is 2. The Balaban J connectivity index is 1.36. The summed E-state index contributed by atoms with van der Waals surface area (Å²) in [5.74, 6) is -1.33. The zero-order chi connectivity index (χ0) is 23.5. The highest BCUT2D eigenvalue weighted by Crippen LogP contribution is 2.21. The van der Waals surface area contributed by atoms with Gasteiger partial charge in [-0.25, -0.2) is 13.8 Å². The molecule has 5 aromatic rings. The number of nitrogens with one attached hydrogen (secondary N) is 2. The van der Waals surface area contributed by atoms with Gasteiger partial charge in [0.2, 0.25) is 0 Å². The number of benzene rings is 2. The van der Waals surface area contributed by atoms with Gasteiger partial charge in [0, 0.05) is 18.0 Å². The maximum atomic E-state index is 14.4. The number of rotatable bonds is 5. The second-order valence-electron chi connectivity index (χ2n) is 7.04. The Morgan fingerprint density at radius 2 is 1.62 bits per heavy atom. The number of halogens is 1. The van der Waals surface area contributed by atoms with Gasteiger partial charge >= 0.3 is 0 Å². The van der Waals surface area contributed by atoms with E-state index in [-0.39, 0.29) is 11.3 Å². The molecule has 0 unspecified atom stereocenters. The first-order chi connectivity index (χ1) is 16.6. The van der Waals surface area contributed by atoms with Crippen molar-refractivity contribution < 1.29 is 14.0 Å². The van der Waals surface area contributed by atoms with Crippen LogP contribution in [0.2, 0.25) is 0 Å². The van der Waals surface area contributed by atoms with E-state index in [4.69, 9.17) is 0 Å². The van der Waals surface area contributed by atoms with Gasteiger partial charge in [-0.3, -0.25) is 20.4 Å². The number of amides is 2. The van der Waals surface area contributed by atoms with Crippen LogP contribution in [0.15, 0.2) is 85.6 Å². The molecule has 12 heteroatoms. The molecule has 0 aliphatic carbocycles. The van der Waals surface area contributed by atoms with Crippen molar-refractivity contribution in [3.05, 3.63) is 103 Å². The number of hydrazine groups is 1. The van der Waals surface area contributed by atoms with E-state index in [9.17, 15) is 14.0 Å². The summed E-state index contributed by atoms with van der Waals surface area (Å²) in [6, 6.07) is 16.1. The normalized spacial score (nSPS) is 10.7. The second kappa shape index (κ2) is 8.78. The third-order valence-corrected chi connectivity index (χ3v) is 4.95. The molecule has 34 heavy (non-hydrogen) atoms. The first kappa shape index (κ1) is 20.8. The van der Waals surface area contributed by atoms with Gasteiger partial charge in [-0.15, -0.1) is 5.10 Å². The Labute approximate surface area is 191 Å². The molecule has 0 spiro atoms. The van der Waals surface area contributed by atoms with Crippen LogP contribution in [0, 0.1) is 5.82 Å². The Hall–Kier alpha value is -5.13. The van der Waals surface area contributed by atoms with Crippen molar-refractivity contribution in [1.29, 1.82) is 0 Å². The molecule has 2 amide bonds. The minimum absolute atomic E-state index is 0.133. The Morgan fingerprint density at radius 1 is 0.882 bits per heavy atom. The summed E-state index contributed by atoms with van der Waals surface area (Å²) in [5.41, 5.74) is 6.05. The predicted octanol–water partition coefficient (Wildman–Crippen LogP) is 1.85. The van der Waals surface area contributed by atoms with Crippen LogP contribution in [0.1, 0.15) is 20.7 Å². The predicted molar refractivity (Wildman–Crippen MR) is 117 cm³/mol. The molecule has 0 bridgehead atoms. The van der Waals surface area contributed by atoms with Crippen molar-refractivity contribution in [3.63, 3.8) is 0 Å². The number of tetrazole rings is 1. The highest BCUT2D eigenvalue weighted by molar-refractivity contribution is 6.00. The molecular weight excluding hydrogens is 441 g/mol. The van der Waals surface area contributed by atoms with Crippen LogP contribution < -0.4 is 10.9 Å². The molecule has 5 rings (SSSR count). The Morgan fingerprint density at radius 3 is 2.32 bits per heavy atom. The first-order valence-electron chi connectivity index (χ1n) is 10.0. The lowest BCUT2D eigenvalue weighted by atomic mass is 10.2. The summed E-state index contributed by atoms with van der Waals surface area (Å²) in [6.07, 6.45) is 6.15. The lowest BCUT2D eigenvalue weighted by Crippen LogP contribution is -2.41. The Kier molecular flexibility index (Phi) is 5.36. The average Bonchev–Trinajstić information content (AvgIpc) is 3.64. The molecule has 0 saturated carbocycles. The van der Waals surface area contributed by atoms with Gasteiger partial charge in [-0.05, 0) is 59.0 Å². The number of aromatic nitrogens is 7. The molecular formula is C22H16FN9O2. The molecule has 0 fully saturated rings. The maximum Gasteiger partial charge on any atom is 0.275 e. The molecule has 0 aliphatic rings. The van der Waals surface area contributed by atoms with Gasteiger partial charge in [-0.1, -0.05) is 12.1 Å². The van der Waals surface area contributed by atoms with Gasteiger partial charge < -0.3 is 4.57 Å². The lowest BCUT2D eigenvalue weighted by Gasteiger charge is -2.12. The number of nitrogens with zero attached hydrogens (tertiary/aromatic N) is 7. The van der Waals surface area contributed by atoms with Crippen LogP contribution in [-0.2, 0) is 0 Å². The van der Waals surface area contributed by atoms with E-state index >= 15 is 0 Å². The fourth-order valence-corrected chi connectivity index (χ4v) is 3.32. The summed E-state index contributed by atoms with van der Waals surface area (Å²) >= 11 is 0. The largest absolute Gasteiger partial charge is 0.308 e. The topological polar surface area (TPSA) is 125 Å². The molecule has 11 nitrogen and oxygen atoms in total. The Bertz CT molecular complexity index is 1440. The van der Waals surface area contributed by atoms with Gasteiger partial charge in [0.05, 0.1) is 11.9 Å². The number of para-hydroxylation sites is 1. The summed E-state index contributed by atoms with van der Waals surface area (Å²) in [4.78, 5) is 25.4. The molecule has 2 N–H and O–H groups in total. The van der Waals surface area contributed by atoms with Gasteiger partial charge in [-0.2, -0.15) is 5.10 Å². The van der Waals surface area contributed by atoms with E-state index in [2.05, 4.69) is 31.5 Å². The highest BCUT2D eigenvalue weighted by Gasteiger charge is 2.21. The van der Waals surface area contributed by atoms with Crippen molar-refractivity contribution in [3.8, 4) is 17.2 Å². The number of carbonyl (C=O) groups excluding carboxylic acids is 2. The van der Waals surface area contributed by atoms with E-state index in [1.165, 1.54) is 28.0 Å². The van der Waals surface area contributed by atoms with Crippen molar-refractivity contribution in [2.45, 2.75) is 0 Å². The maximum absolute atomic E-state index is 14.4. The van der Waals surface area contributed by atoms with Crippen molar-refractivity contribution in [1.82, 2.24) is 45.4 Å². The van der Waals surface area contributed by atoms with Crippen LogP contribution in [0.25, 0.3) is 17.2 Å². The van der Waals surface area contributed by atoms with E-state index in [1.807, 2.05) is 0 Å². The van der Waals surface area contributed by atoms with Gasteiger partial charge in [0.25, 0.3) is 11.8 Å². The van der Waals surface area contributed by atoms with Crippen LogP contribution >= 0.6 is 0 Å². The van der Waals surface area contributed by atoms with Crippen LogP contribution in [-0.4, -0.2) is 46.4 Å². The standard InChI is InChI=1S/C22H16FN9O2/c23-18-5-1-2-6-19(18)32-22(30-11-3-4-12-30)17(13-25-32)21(34)27-26-20(33)15-7-9-16(10-8-15)31-14-24-28-29-31/h1-14H,(H,26,33)(H,27,34). The number of hydrogen-bond acceptors (Lipinski definition) is 6. The lowest BCUT2D eigenvalue weighted by molar-refractivity contribution is 0.0846. The molecule has 2 aromatic carbocycles. The van der Waals surface area contributed by atoms with Crippen molar-refractivity contribution in [2.24, 2.45) is 0 Å². The zero-order valence-electron chi connectivity index (χ0n) is 17.4. The monoisotopic (exact) mass is 457 g/mol. The summed E-state index contributed by atoms with van der Waals surface area (Å²) < 4.78 is 18.8. The van der Waals surface area contributed by atoms with E-state index in [0.717, 1.165) is 0 Å². The smallest absolute Gasteiger partial charge is 0.275 e. The van der Waals surface area contributed by atoms with E-state index in [0.29, 0.717) is 17.1 Å². The minimum Gasteiger partial charge on any atom is -0.308 e.